The Kier molecular flexibility index (Phi) is 8.27. The molecule has 0 radical (unpaired) electrons. The van der Waals surface area contributed by atoms with E-state index < -0.39 is 6.04 Å². The Morgan fingerprint density at radius 3 is 2.67 bits per heavy atom. The van der Waals surface area contributed by atoms with E-state index in [1.807, 2.05) is 4.68 Å². The van der Waals surface area contributed by atoms with E-state index in [1.54, 1.807) is 28.0 Å². The number of hydrogen-bond donors (Lipinski definition) is 0. The Morgan fingerprint density at radius 1 is 1.20 bits per heavy atom. The van der Waals surface area contributed by atoms with Crippen LogP contribution in [-0.2, 0) is 16.0 Å². The predicted octanol–water partition coefficient (Wildman–Crippen LogP) is 4.89. The monoisotopic (exact) mass is 608 g/mol. The van der Waals surface area contributed by atoms with Crippen LogP contribution in [0.1, 0.15) is 53.0 Å². The van der Waals surface area contributed by atoms with Crippen LogP contribution in [0.3, 0.4) is 0 Å². The van der Waals surface area contributed by atoms with Crippen LogP contribution in [0.25, 0.3) is 5.69 Å². The molecule has 1 unspecified atom stereocenters. The standard InChI is InChI=1S/C30H33BrN4O5/c1-5-27(36)33-14-15-39-29-28-24(35(32-29)22-9-6-20(7-10-22)19(2)3)12-13-34(25(28)17-33)30(37)21-8-11-23(31)26(16-21)40-18-38-4/h5-11,16,19,25H,1,12-15,17-18H2,2-4H3. The van der Waals surface area contributed by atoms with Crippen molar-refractivity contribution in [3.8, 4) is 17.3 Å². The molecule has 10 heteroatoms. The molecule has 3 aromatic rings. The van der Waals surface area contributed by atoms with Crippen LogP contribution in [0.15, 0.2) is 59.6 Å². The van der Waals surface area contributed by atoms with Gasteiger partial charge in [0.15, 0.2) is 6.79 Å². The van der Waals surface area contributed by atoms with E-state index in [0.29, 0.717) is 55.8 Å². The molecule has 0 saturated heterocycles. The first-order valence-electron chi connectivity index (χ1n) is 13.3. The van der Waals surface area contributed by atoms with Crippen molar-refractivity contribution in [1.82, 2.24) is 19.6 Å². The number of halogens is 1. The molecule has 0 bridgehead atoms. The summed E-state index contributed by atoms with van der Waals surface area (Å²) in [5.41, 5.74) is 4.47. The van der Waals surface area contributed by atoms with Crippen molar-refractivity contribution in [2.45, 2.75) is 32.2 Å². The summed E-state index contributed by atoms with van der Waals surface area (Å²) in [4.78, 5) is 30.2. The number of hydrogen-bond acceptors (Lipinski definition) is 6. The maximum Gasteiger partial charge on any atom is 0.254 e. The van der Waals surface area contributed by atoms with E-state index in [-0.39, 0.29) is 18.6 Å². The van der Waals surface area contributed by atoms with Gasteiger partial charge in [0.2, 0.25) is 11.8 Å². The summed E-state index contributed by atoms with van der Waals surface area (Å²) >= 11 is 3.47. The zero-order chi connectivity index (χ0) is 28.4. The molecule has 40 heavy (non-hydrogen) atoms. The van der Waals surface area contributed by atoms with Gasteiger partial charge in [-0.2, -0.15) is 0 Å². The minimum Gasteiger partial charge on any atom is -0.474 e. The molecule has 2 aliphatic rings. The van der Waals surface area contributed by atoms with Crippen molar-refractivity contribution in [3.05, 3.63) is 82.0 Å². The number of ether oxygens (including phenoxy) is 3. The van der Waals surface area contributed by atoms with Crippen molar-refractivity contribution in [2.24, 2.45) is 0 Å². The Bertz CT molecular complexity index is 1420. The minimum absolute atomic E-state index is 0.0581. The topological polar surface area (TPSA) is 86.1 Å². The average Bonchev–Trinajstić information content (AvgIpc) is 3.32. The second kappa shape index (κ2) is 11.9. The normalized spacial score (nSPS) is 16.6. The lowest BCUT2D eigenvalue weighted by molar-refractivity contribution is -0.127. The minimum atomic E-state index is -0.453. The fourth-order valence-corrected chi connectivity index (χ4v) is 5.59. The van der Waals surface area contributed by atoms with E-state index in [0.717, 1.165) is 21.4 Å². The summed E-state index contributed by atoms with van der Waals surface area (Å²) in [6.45, 7) is 9.47. The van der Waals surface area contributed by atoms with E-state index in [9.17, 15) is 9.59 Å². The summed E-state index contributed by atoms with van der Waals surface area (Å²) in [5.74, 6) is 1.05. The fraction of sp³-hybridized carbons (Fsp3) is 0.367. The molecule has 0 spiro atoms. The van der Waals surface area contributed by atoms with Crippen LogP contribution in [-0.4, -0.2) is 71.5 Å². The molecular weight excluding hydrogens is 576 g/mol. The second-order valence-electron chi connectivity index (χ2n) is 10.1. The van der Waals surface area contributed by atoms with Crippen molar-refractivity contribution < 1.29 is 23.8 Å². The first-order valence-corrected chi connectivity index (χ1v) is 14.1. The van der Waals surface area contributed by atoms with E-state index in [4.69, 9.17) is 19.3 Å². The quantitative estimate of drug-likeness (QED) is 0.280. The summed E-state index contributed by atoms with van der Waals surface area (Å²) in [6, 6.07) is 13.2. The van der Waals surface area contributed by atoms with Crippen LogP contribution in [0.2, 0.25) is 0 Å². The van der Waals surface area contributed by atoms with E-state index in [1.165, 1.54) is 18.7 Å². The molecular formula is C30H33BrN4O5. The fourth-order valence-electron chi connectivity index (χ4n) is 5.23. The van der Waals surface area contributed by atoms with Crippen molar-refractivity contribution in [3.63, 3.8) is 0 Å². The van der Waals surface area contributed by atoms with Crippen molar-refractivity contribution >= 4 is 27.7 Å². The number of carbonyl (C=O) groups excluding carboxylic acids is 2. The SMILES string of the molecule is C=CC(=O)N1CCOc2nn(-c3ccc(C(C)C)cc3)c3c2C(C1)N(C(=O)c1ccc(Br)c(OCOC)c1)CC3. The third kappa shape index (κ3) is 5.38. The van der Waals surface area contributed by atoms with Crippen molar-refractivity contribution in [2.75, 3.05) is 40.1 Å². The van der Waals surface area contributed by atoms with E-state index >= 15 is 0 Å². The molecule has 5 rings (SSSR count). The maximum atomic E-state index is 14.0. The smallest absolute Gasteiger partial charge is 0.254 e. The lowest BCUT2D eigenvalue weighted by Crippen LogP contribution is -2.48. The van der Waals surface area contributed by atoms with Crippen LogP contribution in [0.5, 0.6) is 11.6 Å². The summed E-state index contributed by atoms with van der Waals surface area (Å²) in [7, 11) is 1.54. The molecule has 0 N–H and O–H groups in total. The second-order valence-corrected chi connectivity index (χ2v) is 11.0. The van der Waals surface area contributed by atoms with Crippen LogP contribution in [0.4, 0.5) is 0 Å². The molecule has 2 aliphatic heterocycles. The van der Waals surface area contributed by atoms with Gasteiger partial charge in [0, 0.05) is 32.2 Å². The number of amides is 2. The van der Waals surface area contributed by atoms with Crippen LogP contribution < -0.4 is 9.47 Å². The van der Waals surface area contributed by atoms with E-state index in [2.05, 4.69) is 60.6 Å². The van der Waals surface area contributed by atoms with Gasteiger partial charge in [-0.1, -0.05) is 32.6 Å². The average molecular weight is 610 g/mol. The zero-order valence-corrected chi connectivity index (χ0v) is 24.5. The zero-order valence-electron chi connectivity index (χ0n) is 22.9. The van der Waals surface area contributed by atoms with Gasteiger partial charge >= 0.3 is 0 Å². The lowest BCUT2D eigenvalue weighted by atomic mass is 9.95. The number of rotatable bonds is 7. The first kappa shape index (κ1) is 27.9. The number of methoxy groups -OCH3 is 1. The van der Waals surface area contributed by atoms with Gasteiger partial charge in [-0.3, -0.25) is 9.59 Å². The highest BCUT2D eigenvalue weighted by Crippen LogP contribution is 2.40. The molecule has 0 aliphatic carbocycles. The first-order chi connectivity index (χ1) is 19.3. The van der Waals surface area contributed by atoms with Gasteiger partial charge in [0.1, 0.15) is 12.4 Å². The highest BCUT2D eigenvalue weighted by atomic mass is 79.9. The number of carbonyl (C=O) groups is 2. The number of aromatic nitrogens is 2. The molecule has 2 aromatic carbocycles. The predicted molar refractivity (Wildman–Crippen MR) is 154 cm³/mol. The molecule has 210 valence electrons. The third-order valence-electron chi connectivity index (χ3n) is 7.34. The van der Waals surface area contributed by atoms with Gasteiger partial charge in [-0.05, 0) is 63.8 Å². The summed E-state index contributed by atoms with van der Waals surface area (Å²) in [5, 5.41) is 4.87. The lowest BCUT2D eigenvalue weighted by Gasteiger charge is -2.40. The van der Waals surface area contributed by atoms with Gasteiger partial charge in [0.05, 0.1) is 34.0 Å². The third-order valence-corrected chi connectivity index (χ3v) is 8.00. The molecule has 9 nitrogen and oxygen atoms in total. The Hall–Kier alpha value is -3.63. The molecule has 0 fully saturated rings. The largest absolute Gasteiger partial charge is 0.474 e. The van der Waals surface area contributed by atoms with Crippen LogP contribution >= 0.6 is 15.9 Å². The molecule has 0 saturated carbocycles. The van der Waals surface area contributed by atoms with Gasteiger partial charge < -0.3 is 24.0 Å². The van der Waals surface area contributed by atoms with Gasteiger partial charge in [-0.15, -0.1) is 5.10 Å². The highest BCUT2D eigenvalue weighted by Gasteiger charge is 2.40. The molecule has 1 atom stereocenters. The molecule has 3 heterocycles. The summed E-state index contributed by atoms with van der Waals surface area (Å²) < 4.78 is 19.5. The maximum absolute atomic E-state index is 14.0. The van der Waals surface area contributed by atoms with Crippen molar-refractivity contribution in [1.29, 1.82) is 0 Å². The Balaban J connectivity index is 1.56. The highest BCUT2D eigenvalue weighted by molar-refractivity contribution is 9.10. The number of benzene rings is 2. The molecule has 1 aromatic heterocycles. The van der Waals surface area contributed by atoms with Gasteiger partial charge in [0.25, 0.3) is 5.91 Å². The van der Waals surface area contributed by atoms with Crippen LogP contribution in [0, 0.1) is 0 Å². The Morgan fingerprint density at radius 2 is 1.98 bits per heavy atom. The summed E-state index contributed by atoms with van der Waals surface area (Å²) in [6.07, 6.45) is 1.88. The number of nitrogens with zero attached hydrogens (tertiary/aromatic N) is 4. The Labute approximate surface area is 242 Å². The van der Waals surface area contributed by atoms with Gasteiger partial charge in [-0.25, -0.2) is 4.68 Å². The molecule has 2 amide bonds.